The highest BCUT2D eigenvalue weighted by molar-refractivity contribution is 5.81. The van der Waals surface area contributed by atoms with Crippen LogP contribution in [0.25, 0.3) is 0 Å². The van der Waals surface area contributed by atoms with Gasteiger partial charge in [0.15, 0.2) is 0 Å². The van der Waals surface area contributed by atoms with Gasteiger partial charge in [-0.1, -0.05) is 19.3 Å². The van der Waals surface area contributed by atoms with E-state index in [0.29, 0.717) is 12.6 Å². The van der Waals surface area contributed by atoms with Gasteiger partial charge in [0.1, 0.15) is 6.61 Å². The third-order valence-electron chi connectivity index (χ3n) is 3.98. The summed E-state index contributed by atoms with van der Waals surface area (Å²) in [7, 11) is 0. The zero-order valence-corrected chi connectivity index (χ0v) is 12.1. The van der Waals surface area contributed by atoms with E-state index in [1.807, 2.05) is 0 Å². The molecule has 2 rings (SSSR count). The summed E-state index contributed by atoms with van der Waals surface area (Å²) in [4.78, 5) is 23.3. The number of carbonyl (C=O) groups is 2. The Balaban J connectivity index is 1.53. The van der Waals surface area contributed by atoms with Crippen molar-refractivity contribution in [2.75, 3.05) is 13.2 Å². The Morgan fingerprint density at radius 2 is 1.85 bits per heavy atom. The zero-order chi connectivity index (χ0) is 14.2. The lowest BCUT2D eigenvalue weighted by molar-refractivity contribution is -0.148. The number of rotatable bonds is 6. The molecule has 2 fully saturated rings. The summed E-state index contributed by atoms with van der Waals surface area (Å²) in [5.74, 6) is -0.342. The van der Waals surface area contributed by atoms with E-state index in [-0.39, 0.29) is 30.8 Å². The van der Waals surface area contributed by atoms with Crippen LogP contribution in [-0.4, -0.2) is 37.2 Å². The van der Waals surface area contributed by atoms with E-state index in [0.717, 1.165) is 32.3 Å². The molecule has 1 aliphatic carbocycles. The first-order valence-corrected chi connectivity index (χ1v) is 7.80. The second-order valence-corrected chi connectivity index (χ2v) is 5.72. The average molecular weight is 283 g/mol. The van der Waals surface area contributed by atoms with Gasteiger partial charge in [-0.05, 0) is 25.7 Å². The predicted molar refractivity (Wildman–Crippen MR) is 74.2 cm³/mol. The average Bonchev–Trinajstić information content (AvgIpc) is 2.97. The number of hydrogen-bond donors (Lipinski definition) is 1. The highest BCUT2D eigenvalue weighted by Gasteiger charge is 2.19. The van der Waals surface area contributed by atoms with Crippen LogP contribution in [-0.2, 0) is 19.1 Å². The first kappa shape index (κ1) is 15.3. The highest BCUT2D eigenvalue weighted by Crippen LogP contribution is 2.17. The van der Waals surface area contributed by atoms with Crippen LogP contribution in [0.5, 0.6) is 0 Å². The number of ether oxygens (including phenoxy) is 2. The fourth-order valence-electron chi connectivity index (χ4n) is 2.80. The topological polar surface area (TPSA) is 64.6 Å². The van der Waals surface area contributed by atoms with Crippen LogP contribution in [0.1, 0.15) is 57.8 Å². The summed E-state index contributed by atoms with van der Waals surface area (Å²) in [5, 5.41) is 3.00. The molecule has 0 unspecified atom stereocenters. The van der Waals surface area contributed by atoms with E-state index in [2.05, 4.69) is 5.32 Å². The maximum Gasteiger partial charge on any atom is 0.306 e. The van der Waals surface area contributed by atoms with Crippen molar-refractivity contribution in [2.24, 2.45) is 0 Å². The van der Waals surface area contributed by atoms with E-state index < -0.39 is 0 Å². The van der Waals surface area contributed by atoms with Crippen molar-refractivity contribution in [3.63, 3.8) is 0 Å². The Bertz CT molecular complexity index is 320. The number of nitrogens with one attached hydrogen (secondary N) is 1. The molecule has 5 heteroatoms. The van der Waals surface area contributed by atoms with Gasteiger partial charge in [0, 0.05) is 19.1 Å². The molecule has 0 radical (unpaired) electrons. The van der Waals surface area contributed by atoms with E-state index >= 15 is 0 Å². The monoisotopic (exact) mass is 283 g/mol. The van der Waals surface area contributed by atoms with Crippen LogP contribution in [0.3, 0.4) is 0 Å². The Morgan fingerprint density at radius 3 is 2.55 bits per heavy atom. The molecule has 2 aliphatic rings. The number of carbonyl (C=O) groups excluding carboxylic acids is 2. The predicted octanol–water partition coefficient (Wildman–Crippen LogP) is 1.94. The van der Waals surface area contributed by atoms with Crippen molar-refractivity contribution >= 4 is 11.9 Å². The summed E-state index contributed by atoms with van der Waals surface area (Å²) in [6.45, 7) is 1.08. The molecule has 5 nitrogen and oxygen atoms in total. The van der Waals surface area contributed by atoms with Gasteiger partial charge >= 0.3 is 5.97 Å². The van der Waals surface area contributed by atoms with Crippen LogP contribution >= 0.6 is 0 Å². The van der Waals surface area contributed by atoms with Crippen LogP contribution in [0.15, 0.2) is 0 Å². The molecule has 1 saturated carbocycles. The second kappa shape index (κ2) is 8.25. The minimum absolute atomic E-state index is 0.0361. The van der Waals surface area contributed by atoms with Gasteiger partial charge < -0.3 is 14.8 Å². The first-order valence-electron chi connectivity index (χ1n) is 7.80. The van der Waals surface area contributed by atoms with E-state index in [4.69, 9.17) is 9.47 Å². The van der Waals surface area contributed by atoms with Crippen LogP contribution in [0.4, 0.5) is 0 Å². The fourth-order valence-corrected chi connectivity index (χ4v) is 2.80. The third kappa shape index (κ3) is 5.49. The van der Waals surface area contributed by atoms with E-state index in [1.54, 1.807) is 0 Å². The van der Waals surface area contributed by atoms with Crippen molar-refractivity contribution in [1.82, 2.24) is 5.32 Å². The molecule has 1 N–H and O–H groups in total. The summed E-state index contributed by atoms with van der Waals surface area (Å²) >= 11 is 0. The van der Waals surface area contributed by atoms with Gasteiger partial charge in [-0.3, -0.25) is 9.59 Å². The second-order valence-electron chi connectivity index (χ2n) is 5.72. The van der Waals surface area contributed by atoms with Crippen molar-refractivity contribution < 1.29 is 19.1 Å². The van der Waals surface area contributed by atoms with Gasteiger partial charge in [0.25, 0.3) is 0 Å². The quantitative estimate of drug-likeness (QED) is 0.757. The molecule has 1 atom stereocenters. The van der Waals surface area contributed by atoms with Crippen LogP contribution < -0.4 is 5.32 Å². The number of esters is 1. The SMILES string of the molecule is O=C(CCC(=O)OC[C@@H]1CCCO1)NC1CCCCC1. The summed E-state index contributed by atoms with van der Waals surface area (Å²) in [5.41, 5.74) is 0. The van der Waals surface area contributed by atoms with Crippen molar-refractivity contribution in [2.45, 2.75) is 69.9 Å². The van der Waals surface area contributed by atoms with Gasteiger partial charge in [-0.25, -0.2) is 0 Å². The Labute approximate surface area is 120 Å². The molecule has 20 heavy (non-hydrogen) atoms. The molecule has 0 spiro atoms. The van der Waals surface area contributed by atoms with E-state index in [9.17, 15) is 9.59 Å². The summed E-state index contributed by atoms with van der Waals surface area (Å²) < 4.78 is 10.5. The fraction of sp³-hybridized carbons (Fsp3) is 0.867. The van der Waals surface area contributed by atoms with Crippen molar-refractivity contribution in [3.05, 3.63) is 0 Å². The molecule has 1 saturated heterocycles. The van der Waals surface area contributed by atoms with Gasteiger partial charge in [0.05, 0.1) is 12.5 Å². The minimum atomic E-state index is -0.306. The number of hydrogen-bond acceptors (Lipinski definition) is 4. The molecule has 1 amide bonds. The third-order valence-corrected chi connectivity index (χ3v) is 3.98. The molecule has 114 valence electrons. The molecule has 1 heterocycles. The van der Waals surface area contributed by atoms with Crippen molar-refractivity contribution in [1.29, 1.82) is 0 Å². The van der Waals surface area contributed by atoms with Gasteiger partial charge in [-0.15, -0.1) is 0 Å². The minimum Gasteiger partial charge on any atom is -0.463 e. The van der Waals surface area contributed by atoms with Crippen molar-refractivity contribution in [3.8, 4) is 0 Å². The highest BCUT2D eigenvalue weighted by atomic mass is 16.6. The van der Waals surface area contributed by atoms with Gasteiger partial charge in [-0.2, -0.15) is 0 Å². The summed E-state index contributed by atoms with van der Waals surface area (Å²) in [6.07, 6.45) is 8.19. The Morgan fingerprint density at radius 1 is 1.05 bits per heavy atom. The molecule has 1 aliphatic heterocycles. The summed E-state index contributed by atoms with van der Waals surface area (Å²) in [6, 6.07) is 0.305. The molecule has 0 bridgehead atoms. The molecule has 0 aromatic heterocycles. The van der Waals surface area contributed by atoms with Gasteiger partial charge in [0.2, 0.25) is 5.91 Å². The zero-order valence-electron chi connectivity index (χ0n) is 12.1. The Hall–Kier alpha value is -1.10. The number of amides is 1. The lowest BCUT2D eigenvalue weighted by Gasteiger charge is -2.22. The Kier molecular flexibility index (Phi) is 6.30. The van der Waals surface area contributed by atoms with E-state index in [1.165, 1.54) is 19.3 Å². The smallest absolute Gasteiger partial charge is 0.306 e. The standard InChI is InChI=1S/C15H25NO4/c17-14(16-12-5-2-1-3-6-12)8-9-15(18)20-11-13-7-4-10-19-13/h12-13H,1-11H2,(H,16,17)/t13-/m0/s1. The molecule has 0 aromatic rings. The normalized spacial score (nSPS) is 23.5. The molecule has 0 aromatic carbocycles. The molecular weight excluding hydrogens is 258 g/mol. The maximum atomic E-state index is 11.7. The van der Waals surface area contributed by atoms with Crippen LogP contribution in [0, 0.1) is 0 Å². The lowest BCUT2D eigenvalue weighted by Crippen LogP contribution is -2.36. The largest absolute Gasteiger partial charge is 0.463 e. The maximum absolute atomic E-state index is 11.7. The lowest BCUT2D eigenvalue weighted by atomic mass is 9.95. The molecular formula is C15H25NO4. The first-order chi connectivity index (χ1) is 9.74. The van der Waals surface area contributed by atoms with Crippen LogP contribution in [0.2, 0.25) is 0 Å².